The van der Waals surface area contributed by atoms with Gasteiger partial charge in [0.2, 0.25) is 0 Å². The molecule has 4 rings (SSSR count). The van der Waals surface area contributed by atoms with Crippen LogP contribution >= 0.6 is 34.4 Å². The molecular weight excluding hydrogens is 479 g/mol. The van der Waals surface area contributed by atoms with E-state index < -0.39 is 0 Å². The number of nitrogen functional groups attached to an aromatic ring is 1. The van der Waals surface area contributed by atoms with Gasteiger partial charge in [0.05, 0.1) is 15.1 Å². The average Bonchev–Trinajstić information content (AvgIpc) is 3.15. The topological polar surface area (TPSA) is 112 Å². The summed E-state index contributed by atoms with van der Waals surface area (Å²) in [5.41, 5.74) is 8.18. The molecule has 3 heterocycles. The van der Waals surface area contributed by atoms with Crippen molar-refractivity contribution in [3.63, 3.8) is 0 Å². The van der Waals surface area contributed by atoms with Crippen molar-refractivity contribution in [3.05, 3.63) is 34.2 Å². The number of H-pyrrole nitrogens is 1. The first-order chi connectivity index (χ1) is 13.0. The molecule has 3 N–H and O–H groups in total. The Bertz CT molecular complexity index is 1160. The fourth-order valence-corrected chi connectivity index (χ4v) is 4.64. The second-order valence-electron chi connectivity index (χ2n) is 5.73. The molecule has 0 saturated heterocycles. The number of imidazole rings is 1. The van der Waals surface area contributed by atoms with Crippen molar-refractivity contribution in [2.75, 3.05) is 12.3 Å². The normalized spacial score (nSPS) is 11.3. The molecule has 1 aromatic carbocycles. The molecule has 8 nitrogen and oxygen atoms in total. The SMILES string of the molecule is CC(=O)OCCn1c(Sc2[nH]c3ccccc3c2I)nc2c(N)ncnc21. The van der Waals surface area contributed by atoms with Crippen LogP contribution < -0.4 is 5.73 Å². The highest BCUT2D eigenvalue weighted by atomic mass is 127. The van der Waals surface area contributed by atoms with Crippen LogP contribution in [0, 0.1) is 3.57 Å². The number of ether oxygens (including phenoxy) is 1. The van der Waals surface area contributed by atoms with Gasteiger partial charge in [-0.1, -0.05) is 18.2 Å². The van der Waals surface area contributed by atoms with E-state index in [1.165, 1.54) is 25.0 Å². The highest BCUT2D eigenvalue weighted by molar-refractivity contribution is 14.1. The lowest BCUT2D eigenvalue weighted by Crippen LogP contribution is -2.10. The predicted octanol–water partition coefficient (Wildman–Crippen LogP) is 3.21. The van der Waals surface area contributed by atoms with Crippen LogP contribution in [-0.2, 0) is 16.1 Å². The molecular formula is C17H15IN6O2S. The molecule has 0 amide bonds. The van der Waals surface area contributed by atoms with Gasteiger partial charge in [-0.05, 0) is 40.4 Å². The average molecular weight is 494 g/mol. The van der Waals surface area contributed by atoms with Crippen molar-refractivity contribution < 1.29 is 9.53 Å². The Morgan fingerprint density at radius 1 is 1.37 bits per heavy atom. The number of fused-ring (bicyclic) bond motifs is 2. The van der Waals surface area contributed by atoms with E-state index in [2.05, 4.69) is 48.6 Å². The van der Waals surface area contributed by atoms with Crippen molar-refractivity contribution in [1.82, 2.24) is 24.5 Å². The van der Waals surface area contributed by atoms with E-state index in [0.29, 0.717) is 28.7 Å². The van der Waals surface area contributed by atoms with Gasteiger partial charge >= 0.3 is 5.97 Å². The summed E-state index contributed by atoms with van der Waals surface area (Å²) in [5, 5.41) is 2.84. The van der Waals surface area contributed by atoms with Crippen LogP contribution in [0.3, 0.4) is 0 Å². The Hall–Kier alpha value is -2.34. The summed E-state index contributed by atoms with van der Waals surface area (Å²) < 4.78 is 8.10. The van der Waals surface area contributed by atoms with Crippen LogP contribution in [0.25, 0.3) is 22.1 Å². The lowest BCUT2D eigenvalue weighted by Gasteiger charge is -2.08. The molecule has 0 atom stereocenters. The Balaban J connectivity index is 1.76. The Kier molecular flexibility index (Phi) is 4.91. The van der Waals surface area contributed by atoms with Crippen LogP contribution in [0.1, 0.15) is 6.92 Å². The number of nitrogens with zero attached hydrogens (tertiary/aromatic N) is 4. The number of aromatic nitrogens is 5. The zero-order valence-corrected chi connectivity index (χ0v) is 17.2. The minimum atomic E-state index is -0.326. The van der Waals surface area contributed by atoms with Gasteiger partial charge in [0.15, 0.2) is 22.1 Å². The monoisotopic (exact) mass is 494 g/mol. The van der Waals surface area contributed by atoms with Crippen molar-refractivity contribution in [2.24, 2.45) is 0 Å². The van der Waals surface area contributed by atoms with Crippen LogP contribution in [-0.4, -0.2) is 37.1 Å². The van der Waals surface area contributed by atoms with Crippen molar-refractivity contribution in [3.8, 4) is 0 Å². The third kappa shape index (κ3) is 3.46. The Morgan fingerprint density at radius 3 is 2.96 bits per heavy atom. The molecule has 0 fully saturated rings. The second kappa shape index (κ2) is 7.35. The van der Waals surface area contributed by atoms with E-state index in [-0.39, 0.29) is 12.6 Å². The number of hydrogen-bond donors (Lipinski definition) is 2. The molecule has 10 heteroatoms. The zero-order valence-electron chi connectivity index (χ0n) is 14.3. The van der Waals surface area contributed by atoms with Crippen LogP contribution in [0.2, 0.25) is 0 Å². The number of para-hydroxylation sites is 1. The fourth-order valence-electron chi connectivity index (χ4n) is 2.74. The Labute approximate surface area is 172 Å². The zero-order chi connectivity index (χ0) is 19.0. The Morgan fingerprint density at radius 2 is 2.19 bits per heavy atom. The van der Waals surface area contributed by atoms with Gasteiger partial charge < -0.3 is 15.5 Å². The molecule has 0 spiro atoms. The highest BCUT2D eigenvalue weighted by Gasteiger charge is 2.18. The van der Waals surface area contributed by atoms with E-state index in [1.807, 2.05) is 22.8 Å². The number of anilines is 1. The van der Waals surface area contributed by atoms with Crippen molar-refractivity contribution in [2.45, 2.75) is 23.7 Å². The molecule has 138 valence electrons. The number of carbonyl (C=O) groups is 1. The fraction of sp³-hybridized carbons (Fsp3) is 0.176. The number of rotatable bonds is 5. The van der Waals surface area contributed by atoms with Crippen LogP contribution in [0.5, 0.6) is 0 Å². The van der Waals surface area contributed by atoms with Crippen LogP contribution in [0.4, 0.5) is 5.82 Å². The molecule has 0 aliphatic rings. The minimum Gasteiger partial charge on any atom is -0.464 e. The quantitative estimate of drug-likeness (QED) is 0.324. The molecule has 0 aliphatic heterocycles. The highest BCUT2D eigenvalue weighted by Crippen LogP contribution is 2.36. The minimum absolute atomic E-state index is 0.224. The third-order valence-electron chi connectivity index (χ3n) is 3.95. The molecule has 0 unspecified atom stereocenters. The number of nitrogens with one attached hydrogen (secondary N) is 1. The maximum absolute atomic E-state index is 11.1. The summed E-state index contributed by atoms with van der Waals surface area (Å²) in [6.45, 7) is 2.03. The summed E-state index contributed by atoms with van der Waals surface area (Å²) in [6.07, 6.45) is 1.41. The molecule has 4 aromatic rings. The van der Waals surface area contributed by atoms with Gasteiger partial charge in [0.25, 0.3) is 0 Å². The maximum atomic E-state index is 11.1. The van der Waals surface area contributed by atoms with Gasteiger partial charge in [-0.15, -0.1) is 0 Å². The van der Waals surface area contributed by atoms with Crippen molar-refractivity contribution in [1.29, 1.82) is 0 Å². The molecule has 0 bridgehead atoms. The number of nitrogens with two attached hydrogens (primary N) is 1. The molecule has 0 aliphatic carbocycles. The van der Waals surface area contributed by atoms with Gasteiger partial charge in [-0.2, -0.15) is 0 Å². The predicted molar refractivity (Wildman–Crippen MR) is 112 cm³/mol. The molecule has 3 aromatic heterocycles. The molecule has 0 radical (unpaired) electrons. The summed E-state index contributed by atoms with van der Waals surface area (Å²) in [5.74, 6) is -0.00707. The van der Waals surface area contributed by atoms with Crippen molar-refractivity contribution >= 4 is 68.2 Å². The number of carbonyl (C=O) groups excluding carboxylic acids is 1. The van der Waals surface area contributed by atoms with E-state index in [4.69, 9.17) is 10.5 Å². The number of hydrogen-bond acceptors (Lipinski definition) is 7. The van der Waals surface area contributed by atoms with Crippen LogP contribution in [0.15, 0.2) is 40.8 Å². The first-order valence-electron chi connectivity index (χ1n) is 8.08. The first kappa shape index (κ1) is 18.0. The van der Waals surface area contributed by atoms with Gasteiger partial charge in [0, 0.05) is 17.8 Å². The smallest absolute Gasteiger partial charge is 0.302 e. The van der Waals surface area contributed by atoms with Gasteiger partial charge in [-0.3, -0.25) is 9.36 Å². The van der Waals surface area contributed by atoms with E-state index in [1.54, 1.807) is 0 Å². The summed E-state index contributed by atoms with van der Waals surface area (Å²) in [7, 11) is 0. The lowest BCUT2D eigenvalue weighted by molar-refractivity contribution is -0.141. The molecule has 27 heavy (non-hydrogen) atoms. The summed E-state index contributed by atoms with van der Waals surface area (Å²) in [4.78, 5) is 27.5. The van der Waals surface area contributed by atoms with E-state index in [0.717, 1.165) is 19.5 Å². The summed E-state index contributed by atoms with van der Waals surface area (Å²) in [6, 6.07) is 8.12. The molecule has 0 saturated carbocycles. The second-order valence-corrected chi connectivity index (χ2v) is 7.79. The lowest BCUT2D eigenvalue weighted by atomic mass is 10.3. The number of aromatic amines is 1. The maximum Gasteiger partial charge on any atom is 0.302 e. The number of benzene rings is 1. The van der Waals surface area contributed by atoms with E-state index >= 15 is 0 Å². The standard InChI is InChI=1S/C17H15IN6O2S/c1-9(25)26-7-6-24-15-13(14(19)20-8-21-15)23-17(24)27-16-12(18)10-4-2-3-5-11(10)22-16/h2-5,8,22H,6-7H2,1H3,(H2,19,20,21). The van der Waals surface area contributed by atoms with Gasteiger partial charge in [0.1, 0.15) is 12.9 Å². The largest absolute Gasteiger partial charge is 0.464 e. The van der Waals surface area contributed by atoms with E-state index in [9.17, 15) is 4.79 Å². The first-order valence-corrected chi connectivity index (χ1v) is 9.98. The third-order valence-corrected chi connectivity index (χ3v) is 6.44. The number of esters is 1. The number of halogens is 1. The van der Waals surface area contributed by atoms with Gasteiger partial charge in [-0.25, -0.2) is 15.0 Å². The summed E-state index contributed by atoms with van der Waals surface area (Å²) >= 11 is 3.81.